The van der Waals surface area contributed by atoms with Gasteiger partial charge in [0.15, 0.2) is 0 Å². The molecule has 0 saturated carbocycles. The third-order valence-corrected chi connectivity index (χ3v) is 4.25. The van der Waals surface area contributed by atoms with Crippen LogP contribution in [0.25, 0.3) is 0 Å². The summed E-state index contributed by atoms with van der Waals surface area (Å²) in [6.07, 6.45) is 6.86. The highest BCUT2D eigenvalue weighted by atomic mass is 79.9. The molecule has 0 bridgehead atoms. The summed E-state index contributed by atoms with van der Waals surface area (Å²) in [5, 5.41) is 2.66. The fourth-order valence-electron chi connectivity index (χ4n) is 2.16. The van der Waals surface area contributed by atoms with Crippen molar-refractivity contribution in [2.75, 3.05) is 6.61 Å². The normalized spacial score (nSPS) is 11.8. The van der Waals surface area contributed by atoms with Crippen molar-refractivity contribution in [3.05, 3.63) is 34.3 Å². The van der Waals surface area contributed by atoms with Crippen LogP contribution in [0, 0.1) is 0 Å². The van der Waals surface area contributed by atoms with E-state index in [4.69, 9.17) is 4.74 Å². The van der Waals surface area contributed by atoms with Crippen LogP contribution >= 0.6 is 15.9 Å². The van der Waals surface area contributed by atoms with Crippen molar-refractivity contribution in [2.45, 2.75) is 58.4 Å². The Bertz CT molecular complexity index is 505. The third-order valence-electron chi connectivity index (χ3n) is 3.56. The van der Waals surface area contributed by atoms with Gasteiger partial charge in [-0.2, -0.15) is 0 Å². The maximum atomic E-state index is 12.1. The smallest absolute Gasteiger partial charge is 0.328 e. The van der Waals surface area contributed by atoms with E-state index < -0.39 is 6.04 Å². The fraction of sp³-hybridized carbons (Fsp3) is 0.556. The topological polar surface area (TPSA) is 55.4 Å². The highest BCUT2D eigenvalue weighted by molar-refractivity contribution is 9.10. The van der Waals surface area contributed by atoms with E-state index in [2.05, 4.69) is 28.2 Å². The van der Waals surface area contributed by atoms with Gasteiger partial charge < -0.3 is 10.1 Å². The number of ether oxygens (including phenoxy) is 1. The molecule has 1 aromatic rings. The number of unbranched alkanes of at least 4 members (excludes halogenated alkanes) is 5. The van der Waals surface area contributed by atoms with Crippen LogP contribution in [0.5, 0.6) is 0 Å². The van der Waals surface area contributed by atoms with Crippen LogP contribution in [0.1, 0.15) is 62.7 Å². The minimum absolute atomic E-state index is 0.290. The second kappa shape index (κ2) is 11.2. The first-order valence-corrected chi connectivity index (χ1v) is 9.07. The molecule has 0 spiro atoms. The third kappa shape index (κ3) is 7.64. The van der Waals surface area contributed by atoms with Crippen molar-refractivity contribution >= 4 is 27.8 Å². The second-order valence-electron chi connectivity index (χ2n) is 5.61. The number of carbonyl (C=O) groups is 2. The molecule has 1 N–H and O–H groups in total. The average Bonchev–Trinajstić information content (AvgIpc) is 2.54. The summed E-state index contributed by atoms with van der Waals surface area (Å²) in [5.74, 6) is -0.680. The minimum atomic E-state index is -0.658. The SMILES string of the molecule is CCCCCCCCOC(=O)C(C)NC(=O)c1ccccc1Br. The van der Waals surface area contributed by atoms with E-state index in [9.17, 15) is 9.59 Å². The van der Waals surface area contributed by atoms with Crippen molar-refractivity contribution in [3.8, 4) is 0 Å². The molecule has 0 saturated heterocycles. The van der Waals surface area contributed by atoms with Crippen LogP contribution in [0.15, 0.2) is 28.7 Å². The maximum absolute atomic E-state index is 12.1. The lowest BCUT2D eigenvalue weighted by molar-refractivity contribution is -0.145. The van der Waals surface area contributed by atoms with Gasteiger partial charge in [-0.15, -0.1) is 0 Å². The number of rotatable bonds is 10. The number of nitrogens with one attached hydrogen (secondary N) is 1. The van der Waals surface area contributed by atoms with Crippen LogP contribution in [0.3, 0.4) is 0 Å². The molecule has 1 atom stereocenters. The molecule has 1 amide bonds. The standard InChI is InChI=1S/C18H26BrNO3/c1-3-4-5-6-7-10-13-23-18(22)14(2)20-17(21)15-11-8-9-12-16(15)19/h8-9,11-12,14H,3-7,10,13H2,1-2H3,(H,20,21). The first kappa shape index (κ1) is 19.7. The van der Waals surface area contributed by atoms with E-state index in [0.29, 0.717) is 16.6 Å². The van der Waals surface area contributed by atoms with Gasteiger partial charge in [0.1, 0.15) is 6.04 Å². The van der Waals surface area contributed by atoms with Crippen molar-refractivity contribution in [3.63, 3.8) is 0 Å². The molecule has 0 heterocycles. The molecular formula is C18H26BrNO3. The Kier molecular flexibility index (Phi) is 9.60. The van der Waals surface area contributed by atoms with E-state index >= 15 is 0 Å². The quantitative estimate of drug-likeness (QED) is 0.478. The van der Waals surface area contributed by atoms with Gasteiger partial charge in [-0.25, -0.2) is 4.79 Å². The molecule has 1 rings (SSSR count). The summed E-state index contributed by atoms with van der Waals surface area (Å²) in [5.41, 5.74) is 0.503. The molecule has 1 unspecified atom stereocenters. The van der Waals surface area contributed by atoms with Crippen LogP contribution in [-0.4, -0.2) is 24.5 Å². The highest BCUT2D eigenvalue weighted by Gasteiger charge is 2.18. The van der Waals surface area contributed by atoms with Gasteiger partial charge in [0.25, 0.3) is 5.91 Å². The Labute approximate surface area is 147 Å². The number of carbonyl (C=O) groups excluding carboxylic acids is 2. The van der Waals surface area contributed by atoms with E-state index in [-0.39, 0.29) is 11.9 Å². The minimum Gasteiger partial charge on any atom is -0.464 e. The highest BCUT2D eigenvalue weighted by Crippen LogP contribution is 2.15. The monoisotopic (exact) mass is 383 g/mol. The van der Waals surface area contributed by atoms with Gasteiger partial charge in [-0.1, -0.05) is 51.2 Å². The summed E-state index contributed by atoms with van der Waals surface area (Å²) in [7, 11) is 0. The van der Waals surface area contributed by atoms with Crippen molar-refractivity contribution in [2.24, 2.45) is 0 Å². The fourth-order valence-corrected chi connectivity index (χ4v) is 2.62. The summed E-state index contributed by atoms with van der Waals surface area (Å²) < 4.78 is 5.91. The zero-order valence-electron chi connectivity index (χ0n) is 13.9. The van der Waals surface area contributed by atoms with Crippen LogP contribution < -0.4 is 5.32 Å². The number of hydrogen-bond donors (Lipinski definition) is 1. The molecule has 128 valence electrons. The average molecular weight is 384 g/mol. The number of benzene rings is 1. The Hall–Kier alpha value is -1.36. The number of esters is 1. The van der Waals surface area contributed by atoms with Gasteiger partial charge in [-0.05, 0) is 41.4 Å². The zero-order valence-corrected chi connectivity index (χ0v) is 15.5. The summed E-state index contributed by atoms with van der Waals surface area (Å²) in [4.78, 5) is 24.0. The van der Waals surface area contributed by atoms with Gasteiger partial charge in [0.2, 0.25) is 0 Å². The number of amides is 1. The summed E-state index contributed by atoms with van der Waals surface area (Å²) in [6.45, 7) is 4.24. The van der Waals surface area contributed by atoms with E-state index in [1.54, 1.807) is 25.1 Å². The Morgan fingerprint density at radius 2 is 1.78 bits per heavy atom. The zero-order chi connectivity index (χ0) is 17.1. The Balaban J connectivity index is 2.26. The largest absolute Gasteiger partial charge is 0.464 e. The lowest BCUT2D eigenvalue weighted by Crippen LogP contribution is -2.39. The second-order valence-corrected chi connectivity index (χ2v) is 6.46. The van der Waals surface area contributed by atoms with Crippen molar-refractivity contribution in [1.29, 1.82) is 0 Å². The molecular weight excluding hydrogens is 358 g/mol. The molecule has 1 aromatic carbocycles. The summed E-state index contributed by atoms with van der Waals surface area (Å²) in [6, 6.07) is 6.44. The predicted molar refractivity (Wildman–Crippen MR) is 95.4 cm³/mol. The van der Waals surface area contributed by atoms with Gasteiger partial charge >= 0.3 is 5.97 Å². The molecule has 0 radical (unpaired) electrons. The molecule has 0 aliphatic carbocycles. The Morgan fingerprint density at radius 3 is 2.48 bits per heavy atom. The van der Waals surface area contributed by atoms with Gasteiger partial charge in [0, 0.05) is 4.47 Å². The first-order chi connectivity index (χ1) is 11.1. The van der Waals surface area contributed by atoms with Crippen LogP contribution in [0.2, 0.25) is 0 Å². The van der Waals surface area contributed by atoms with Crippen LogP contribution in [-0.2, 0) is 9.53 Å². The molecule has 0 aliphatic rings. The lowest BCUT2D eigenvalue weighted by atomic mass is 10.1. The van der Waals surface area contributed by atoms with Crippen molar-refractivity contribution in [1.82, 2.24) is 5.32 Å². The molecule has 23 heavy (non-hydrogen) atoms. The molecule has 4 nitrogen and oxygen atoms in total. The van der Waals surface area contributed by atoms with E-state index in [1.807, 2.05) is 6.07 Å². The van der Waals surface area contributed by atoms with Crippen molar-refractivity contribution < 1.29 is 14.3 Å². The maximum Gasteiger partial charge on any atom is 0.328 e. The molecule has 5 heteroatoms. The van der Waals surface area contributed by atoms with E-state index in [1.165, 1.54) is 25.7 Å². The van der Waals surface area contributed by atoms with Gasteiger partial charge in [0.05, 0.1) is 12.2 Å². The Morgan fingerprint density at radius 1 is 1.13 bits per heavy atom. The van der Waals surface area contributed by atoms with E-state index in [0.717, 1.165) is 12.8 Å². The predicted octanol–water partition coefficient (Wildman–Crippen LogP) is 4.47. The first-order valence-electron chi connectivity index (χ1n) is 8.28. The summed E-state index contributed by atoms with van der Waals surface area (Å²) >= 11 is 3.32. The molecule has 0 aromatic heterocycles. The molecule has 0 fully saturated rings. The number of hydrogen-bond acceptors (Lipinski definition) is 3. The molecule has 0 aliphatic heterocycles. The van der Waals surface area contributed by atoms with Crippen LogP contribution in [0.4, 0.5) is 0 Å². The lowest BCUT2D eigenvalue weighted by Gasteiger charge is -2.14. The number of halogens is 1. The van der Waals surface area contributed by atoms with Gasteiger partial charge in [-0.3, -0.25) is 4.79 Å².